The number of benzene rings is 1. The molecule has 1 aliphatic heterocycles. The molecule has 3 aromatic rings. The first-order valence-electron chi connectivity index (χ1n) is 9.72. The van der Waals surface area contributed by atoms with Crippen molar-refractivity contribution in [3.05, 3.63) is 30.0 Å². The maximum Gasteiger partial charge on any atom is 0.231 e. The summed E-state index contributed by atoms with van der Waals surface area (Å²) in [5, 5.41) is 7.65. The van der Waals surface area contributed by atoms with Gasteiger partial charge in [0.25, 0.3) is 0 Å². The number of fused-ring (bicyclic) bond motifs is 2. The van der Waals surface area contributed by atoms with Crippen LogP contribution in [0.3, 0.4) is 0 Å². The van der Waals surface area contributed by atoms with Gasteiger partial charge in [-0.3, -0.25) is 0 Å². The van der Waals surface area contributed by atoms with Crippen LogP contribution in [0.4, 0.5) is 5.82 Å². The Morgan fingerprint density at radius 1 is 1.21 bits per heavy atom. The molecule has 1 aliphatic rings. The third-order valence-corrected chi connectivity index (χ3v) is 5.89. The zero-order valence-electron chi connectivity index (χ0n) is 17.5. The van der Waals surface area contributed by atoms with E-state index in [2.05, 4.69) is 47.9 Å². The van der Waals surface area contributed by atoms with Gasteiger partial charge in [-0.1, -0.05) is 11.8 Å². The van der Waals surface area contributed by atoms with Crippen LogP contribution >= 0.6 is 11.8 Å². The molecule has 0 unspecified atom stereocenters. The minimum Gasteiger partial charge on any atom is -0.454 e. The molecule has 0 atom stereocenters. The Bertz CT molecular complexity index is 1040. The molecule has 0 spiro atoms. The fourth-order valence-corrected chi connectivity index (χ4v) is 4.30. The van der Waals surface area contributed by atoms with Crippen LogP contribution in [0.1, 0.15) is 26.3 Å². The summed E-state index contributed by atoms with van der Waals surface area (Å²) in [7, 11) is 1.87. The molecule has 0 aliphatic carbocycles. The number of hydrogen-bond acceptors (Lipinski definition) is 7. The Morgan fingerprint density at radius 2 is 1.97 bits per heavy atom. The molecular weight excluding hydrogens is 386 g/mol. The van der Waals surface area contributed by atoms with Gasteiger partial charge < -0.3 is 24.7 Å². The van der Waals surface area contributed by atoms with E-state index in [0.29, 0.717) is 0 Å². The first-order valence-corrected chi connectivity index (χ1v) is 10.5. The summed E-state index contributed by atoms with van der Waals surface area (Å²) < 4.78 is 13.3. The number of hydrogen-bond donors (Lipinski definition) is 2. The summed E-state index contributed by atoms with van der Waals surface area (Å²) in [6.45, 7) is 10.5. The largest absolute Gasteiger partial charge is 0.454 e. The highest BCUT2D eigenvalue weighted by molar-refractivity contribution is 7.99. The van der Waals surface area contributed by atoms with Crippen LogP contribution in [0.15, 0.2) is 34.4 Å². The Hall–Kier alpha value is -2.45. The lowest BCUT2D eigenvalue weighted by atomic mass is 10.1. The zero-order valence-corrected chi connectivity index (χ0v) is 18.3. The van der Waals surface area contributed by atoms with Crippen molar-refractivity contribution in [2.24, 2.45) is 0 Å². The molecule has 2 N–H and O–H groups in total. The van der Waals surface area contributed by atoms with Crippen molar-refractivity contribution in [1.82, 2.24) is 19.9 Å². The number of pyridine rings is 1. The van der Waals surface area contributed by atoms with Crippen LogP contribution in [0.2, 0.25) is 0 Å². The van der Waals surface area contributed by atoms with Crippen molar-refractivity contribution in [3.8, 4) is 11.5 Å². The van der Waals surface area contributed by atoms with Crippen molar-refractivity contribution in [2.45, 2.75) is 49.8 Å². The smallest absolute Gasteiger partial charge is 0.231 e. The van der Waals surface area contributed by atoms with Gasteiger partial charge >= 0.3 is 0 Å². The van der Waals surface area contributed by atoms with Crippen LogP contribution in [-0.2, 0) is 6.54 Å². The highest BCUT2D eigenvalue weighted by Gasteiger charge is 2.20. The molecule has 0 amide bonds. The molecule has 0 radical (unpaired) electrons. The van der Waals surface area contributed by atoms with E-state index in [0.717, 1.165) is 57.1 Å². The van der Waals surface area contributed by atoms with Crippen LogP contribution < -0.4 is 20.1 Å². The van der Waals surface area contributed by atoms with Gasteiger partial charge in [-0.2, -0.15) is 0 Å². The fourth-order valence-electron chi connectivity index (χ4n) is 3.28. The summed E-state index contributed by atoms with van der Waals surface area (Å²) >= 11 is 1.64. The molecule has 4 rings (SSSR count). The number of rotatable bonds is 6. The maximum atomic E-state index is 5.57. The molecule has 0 bridgehead atoms. The second-order valence-electron chi connectivity index (χ2n) is 8.07. The number of aromatic nitrogens is 3. The van der Waals surface area contributed by atoms with E-state index in [1.807, 2.05) is 31.4 Å². The number of imidazole rings is 1. The van der Waals surface area contributed by atoms with E-state index >= 15 is 0 Å². The van der Waals surface area contributed by atoms with E-state index < -0.39 is 0 Å². The lowest BCUT2D eigenvalue weighted by Crippen LogP contribution is -2.37. The lowest BCUT2D eigenvalue weighted by Gasteiger charge is -2.21. The minimum atomic E-state index is 0.0648. The molecule has 7 nitrogen and oxygen atoms in total. The van der Waals surface area contributed by atoms with Gasteiger partial charge in [0, 0.05) is 36.8 Å². The van der Waals surface area contributed by atoms with Gasteiger partial charge in [-0.15, -0.1) is 0 Å². The summed E-state index contributed by atoms with van der Waals surface area (Å²) in [5.41, 5.74) is 3.15. The molecule has 0 fully saturated rings. The molecule has 29 heavy (non-hydrogen) atoms. The van der Waals surface area contributed by atoms with Crippen LogP contribution in [0.5, 0.6) is 11.5 Å². The first kappa shape index (κ1) is 19.8. The highest BCUT2D eigenvalue weighted by atomic mass is 32.2. The number of anilines is 1. The van der Waals surface area contributed by atoms with Crippen LogP contribution in [0.25, 0.3) is 11.0 Å². The molecule has 8 heteroatoms. The van der Waals surface area contributed by atoms with E-state index in [-0.39, 0.29) is 12.3 Å². The van der Waals surface area contributed by atoms with Crippen molar-refractivity contribution in [3.63, 3.8) is 0 Å². The van der Waals surface area contributed by atoms with Crippen molar-refractivity contribution in [2.75, 3.05) is 25.7 Å². The average molecular weight is 414 g/mol. The highest BCUT2D eigenvalue weighted by Crippen LogP contribution is 2.41. The molecular formula is C21H27N5O2S. The van der Waals surface area contributed by atoms with Crippen molar-refractivity contribution < 1.29 is 9.47 Å². The van der Waals surface area contributed by atoms with Gasteiger partial charge in [-0.05, 0) is 51.5 Å². The van der Waals surface area contributed by atoms with Crippen molar-refractivity contribution in [1.29, 1.82) is 0 Å². The van der Waals surface area contributed by atoms with E-state index in [4.69, 9.17) is 14.5 Å². The predicted molar refractivity (Wildman–Crippen MR) is 116 cm³/mol. The van der Waals surface area contributed by atoms with Gasteiger partial charge in [-0.25, -0.2) is 9.97 Å². The molecule has 154 valence electrons. The average Bonchev–Trinajstić information content (AvgIpc) is 3.25. The number of nitrogens with zero attached hydrogens (tertiary/aromatic N) is 3. The SMILES string of the molecule is CNc1nccc2c1nc(Sc1cc3c(cc1C)OCO3)n2CCNC(C)(C)C. The maximum absolute atomic E-state index is 5.57. The second-order valence-corrected chi connectivity index (χ2v) is 9.08. The van der Waals surface area contributed by atoms with E-state index in [1.165, 1.54) is 0 Å². The second kappa shape index (κ2) is 7.76. The number of aryl methyl sites for hydroxylation is 1. The minimum absolute atomic E-state index is 0.0648. The van der Waals surface area contributed by atoms with Crippen molar-refractivity contribution >= 4 is 28.6 Å². The molecule has 3 heterocycles. The summed E-state index contributed by atoms with van der Waals surface area (Å²) in [6.07, 6.45) is 1.82. The lowest BCUT2D eigenvalue weighted by molar-refractivity contribution is 0.174. The third kappa shape index (κ3) is 4.13. The fraction of sp³-hybridized carbons (Fsp3) is 0.429. The normalized spacial score (nSPS) is 13.3. The summed E-state index contributed by atoms with van der Waals surface area (Å²) in [6, 6.07) is 6.09. The molecule has 0 saturated carbocycles. The topological polar surface area (TPSA) is 73.2 Å². The van der Waals surface area contributed by atoms with Gasteiger partial charge in [0.15, 0.2) is 22.5 Å². The summed E-state index contributed by atoms with van der Waals surface area (Å²) in [4.78, 5) is 10.5. The van der Waals surface area contributed by atoms with Gasteiger partial charge in [0.2, 0.25) is 6.79 Å². The molecule has 1 aromatic carbocycles. The Labute approximate surface area is 175 Å². The molecule has 2 aromatic heterocycles. The summed E-state index contributed by atoms with van der Waals surface area (Å²) in [5.74, 6) is 2.37. The first-order chi connectivity index (χ1) is 13.9. The molecule has 0 saturated heterocycles. The Balaban J connectivity index is 1.72. The number of nitrogens with one attached hydrogen (secondary N) is 2. The number of ether oxygens (including phenoxy) is 2. The van der Waals surface area contributed by atoms with Crippen LogP contribution in [-0.4, -0.2) is 40.5 Å². The predicted octanol–water partition coefficient (Wildman–Crippen LogP) is 4.05. The van der Waals surface area contributed by atoms with E-state index in [1.54, 1.807) is 11.8 Å². The monoisotopic (exact) mass is 413 g/mol. The van der Waals surface area contributed by atoms with Gasteiger partial charge in [0.05, 0.1) is 5.52 Å². The van der Waals surface area contributed by atoms with Crippen LogP contribution in [0, 0.1) is 6.92 Å². The standard InChI is InChI=1S/C21H27N5O2S/c1-13-10-15-16(28-12-27-15)11-17(13)29-20-25-18-14(6-7-23-19(18)22-5)26(20)9-8-24-21(2,3)4/h6-7,10-11,24H,8-9,12H2,1-5H3,(H,22,23). The van der Waals surface area contributed by atoms with E-state index in [9.17, 15) is 0 Å². The zero-order chi connectivity index (χ0) is 20.6. The Kier molecular flexibility index (Phi) is 5.31. The Morgan fingerprint density at radius 3 is 2.69 bits per heavy atom. The third-order valence-electron chi connectivity index (χ3n) is 4.73. The quantitative estimate of drug-likeness (QED) is 0.631. The van der Waals surface area contributed by atoms with Gasteiger partial charge in [0.1, 0.15) is 5.52 Å².